The van der Waals surface area contributed by atoms with Gasteiger partial charge in [0.2, 0.25) is 0 Å². The second-order valence-corrected chi connectivity index (χ2v) is 8.80. The van der Waals surface area contributed by atoms with Crippen LogP contribution in [0.3, 0.4) is 0 Å². The highest BCUT2D eigenvalue weighted by molar-refractivity contribution is 5.50. The fourth-order valence-electron chi connectivity index (χ4n) is 3.43. The van der Waals surface area contributed by atoms with E-state index in [9.17, 15) is 13.2 Å². The maximum atomic E-state index is 13.6. The van der Waals surface area contributed by atoms with Crippen molar-refractivity contribution in [1.29, 1.82) is 0 Å². The van der Waals surface area contributed by atoms with Crippen LogP contribution in [-0.4, -0.2) is 31.1 Å². The average molecular weight is 450 g/mol. The summed E-state index contributed by atoms with van der Waals surface area (Å²) in [5.41, 5.74) is 7.41. The van der Waals surface area contributed by atoms with E-state index in [2.05, 4.69) is 0 Å². The Morgan fingerprint density at radius 2 is 1.81 bits per heavy atom. The van der Waals surface area contributed by atoms with E-state index in [1.54, 1.807) is 26.0 Å². The number of ether oxygens (including phenoxy) is 3. The molecule has 0 bridgehead atoms. The molecule has 0 amide bonds. The first-order valence-corrected chi connectivity index (χ1v) is 10.6. The van der Waals surface area contributed by atoms with E-state index >= 15 is 0 Å². The van der Waals surface area contributed by atoms with Gasteiger partial charge < -0.3 is 19.9 Å². The summed E-state index contributed by atoms with van der Waals surface area (Å²) in [6.07, 6.45) is -0.177. The predicted octanol–water partition coefficient (Wildman–Crippen LogP) is 5.52. The SMILES string of the molecule is Cc1cccc(/C=C/COc2ccc(CCC3(N)COC(C)(C)OC3)cc2C(F)(F)F)c1. The second kappa shape index (κ2) is 9.65. The second-order valence-electron chi connectivity index (χ2n) is 8.80. The zero-order valence-corrected chi connectivity index (χ0v) is 18.7. The molecule has 1 fully saturated rings. The minimum atomic E-state index is -4.52. The highest BCUT2D eigenvalue weighted by Crippen LogP contribution is 2.37. The molecule has 7 heteroatoms. The molecule has 0 aromatic heterocycles. The van der Waals surface area contributed by atoms with Crippen molar-refractivity contribution in [1.82, 2.24) is 0 Å². The minimum Gasteiger partial charge on any atom is -0.489 e. The quantitative estimate of drug-likeness (QED) is 0.605. The molecule has 2 N–H and O–H groups in total. The maximum absolute atomic E-state index is 13.6. The van der Waals surface area contributed by atoms with E-state index in [-0.39, 0.29) is 12.4 Å². The lowest BCUT2D eigenvalue weighted by molar-refractivity contribution is -0.267. The van der Waals surface area contributed by atoms with Crippen molar-refractivity contribution in [2.75, 3.05) is 19.8 Å². The van der Waals surface area contributed by atoms with Crippen molar-refractivity contribution in [2.24, 2.45) is 5.73 Å². The zero-order valence-electron chi connectivity index (χ0n) is 18.7. The van der Waals surface area contributed by atoms with Crippen molar-refractivity contribution < 1.29 is 27.4 Å². The van der Waals surface area contributed by atoms with E-state index < -0.39 is 23.1 Å². The number of rotatable bonds is 7. The van der Waals surface area contributed by atoms with Crippen LogP contribution >= 0.6 is 0 Å². The van der Waals surface area contributed by atoms with E-state index in [0.29, 0.717) is 31.6 Å². The molecular weight excluding hydrogens is 419 g/mol. The first-order chi connectivity index (χ1) is 15.0. The van der Waals surface area contributed by atoms with Crippen molar-refractivity contribution in [2.45, 2.75) is 51.1 Å². The minimum absolute atomic E-state index is 0.0345. The Balaban J connectivity index is 1.64. The van der Waals surface area contributed by atoms with Crippen molar-refractivity contribution in [3.05, 3.63) is 70.8 Å². The number of hydrogen-bond acceptors (Lipinski definition) is 4. The number of nitrogens with two attached hydrogens (primary N) is 1. The first-order valence-electron chi connectivity index (χ1n) is 10.6. The molecule has 2 aromatic carbocycles. The monoisotopic (exact) mass is 449 g/mol. The third kappa shape index (κ3) is 6.82. The van der Waals surface area contributed by atoms with Gasteiger partial charge in [-0.1, -0.05) is 42.0 Å². The summed E-state index contributed by atoms with van der Waals surface area (Å²) in [6, 6.07) is 12.0. The summed E-state index contributed by atoms with van der Waals surface area (Å²) in [5, 5.41) is 0. The predicted molar refractivity (Wildman–Crippen MR) is 118 cm³/mol. The Kier molecular flexibility index (Phi) is 7.32. The number of benzene rings is 2. The maximum Gasteiger partial charge on any atom is 0.419 e. The van der Waals surface area contributed by atoms with E-state index in [1.807, 2.05) is 37.3 Å². The van der Waals surface area contributed by atoms with Crippen molar-refractivity contribution >= 4 is 6.08 Å². The molecule has 0 atom stereocenters. The van der Waals surface area contributed by atoms with Gasteiger partial charge in [0.25, 0.3) is 0 Å². The van der Waals surface area contributed by atoms with Gasteiger partial charge in [-0.3, -0.25) is 0 Å². The van der Waals surface area contributed by atoms with Crippen LogP contribution in [0.2, 0.25) is 0 Å². The van der Waals surface area contributed by atoms with Crippen LogP contribution in [0.1, 0.15) is 42.5 Å². The molecule has 0 saturated carbocycles. The fraction of sp³-hybridized carbons (Fsp3) is 0.440. The van der Waals surface area contributed by atoms with E-state index in [1.165, 1.54) is 6.07 Å². The molecule has 1 aliphatic rings. The van der Waals surface area contributed by atoms with Gasteiger partial charge in [0.05, 0.1) is 24.3 Å². The van der Waals surface area contributed by atoms with Gasteiger partial charge in [0, 0.05) is 0 Å². The average Bonchev–Trinajstić information content (AvgIpc) is 2.72. The van der Waals surface area contributed by atoms with Crippen molar-refractivity contribution in [3.8, 4) is 5.75 Å². The zero-order chi connectivity index (χ0) is 23.4. The molecule has 1 saturated heterocycles. The number of halogens is 3. The Hall–Kier alpha value is -2.35. The largest absolute Gasteiger partial charge is 0.489 e. The van der Waals surface area contributed by atoms with Crippen LogP contribution in [0, 0.1) is 6.92 Å². The molecular formula is C25H30F3NO3. The molecule has 174 valence electrons. The van der Waals surface area contributed by atoms with Gasteiger partial charge in [-0.2, -0.15) is 13.2 Å². The van der Waals surface area contributed by atoms with Crippen LogP contribution in [0.15, 0.2) is 48.5 Å². The fourth-order valence-corrected chi connectivity index (χ4v) is 3.43. The molecule has 4 nitrogen and oxygen atoms in total. The van der Waals surface area contributed by atoms with Crippen LogP contribution in [0.5, 0.6) is 5.75 Å². The summed E-state index contributed by atoms with van der Waals surface area (Å²) in [6.45, 7) is 6.20. The molecule has 1 heterocycles. The summed E-state index contributed by atoms with van der Waals surface area (Å²) >= 11 is 0. The molecule has 0 unspecified atom stereocenters. The lowest BCUT2D eigenvalue weighted by Gasteiger charge is -2.41. The van der Waals surface area contributed by atoms with E-state index in [4.69, 9.17) is 19.9 Å². The lowest BCUT2D eigenvalue weighted by Crippen LogP contribution is -2.57. The molecule has 0 spiro atoms. The molecule has 3 rings (SSSR count). The first kappa shape index (κ1) is 24.3. The number of hydrogen-bond donors (Lipinski definition) is 1. The normalized spacial score (nSPS) is 18.1. The van der Waals surface area contributed by atoms with Gasteiger partial charge in [-0.15, -0.1) is 0 Å². The third-order valence-corrected chi connectivity index (χ3v) is 5.36. The summed E-state index contributed by atoms with van der Waals surface area (Å²) in [4.78, 5) is 0. The van der Waals surface area contributed by atoms with Crippen LogP contribution in [0.25, 0.3) is 6.08 Å². The van der Waals surface area contributed by atoms with Crippen LogP contribution in [0.4, 0.5) is 13.2 Å². The summed E-state index contributed by atoms with van der Waals surface area (Å²) in [7, 11) is 0. The highest BCUT2D eigenvalue weighted by atomic mass is 19.4. The summed E-state index contributed by atoms with van der Waals surface area (Å²) in [5.74, 6) is -0.886. The number of aryl methyl sites for hydroxylation is 2. The molecule has 0 radical (unpaired) electrons. The molecule has 0 aliphatic carbocycles. The number of alkyl halides is 3. The lowest BCUT2D eigenvalue weighted by atomic mass is 9.92. The summed E-state index contributed by atoms with van der Waals surface area (Å²) < 4.78 is 57.6. The van der Waals surface area contributed by atoms with Gasteiger partial charge in [0.1, 0.15) is 12.4 Å². The van der Waals surface area contributed by atoms with Gasteiger partial charge in [0.15, 0.2) is 5.79 Å². The highest BCUT2D eigenvalue weighted by Gasteiger charge is 2.37. The van der Waals surface area contributed by atoms with Gasteiger partial charge in [-0.05, 0) is 62.9 Å². The molecule has 1 aliphatic heterocycles. The Bertz CT molecular complexity index is 944. The van der Waals surface area contributed by atoms with Gasteiger partial charge in [-0.25, -0.2) is 0 Å². The van der Waals surface area contributed by atoms with Crippen LogP contribution < -0.4 is 10.5 Å². The topological polar surface area (TPSA) is 53.7 Å². The van der Waals surface area contributed by atoms with Crippen LogP contribution in [-0.2, 0) is 22.1 Å². The molecule has 2 aromatic rings. The Morgan fingerprint density at radius 3 is 2.47 bits per heavy atom. The van der Waals surface area contributed by atoms with Gasteiger partial charge >= 0.3 is 6.18 Å². The van der Waals surface area contributed by atoms with Crippen molar-refractivity contribution in [3.63, 3.8) is 0 Å². The Morgan fingerprint density at radius 1 is 1.09 bits per heavy atom. The van der Waals surface area contributed by atoms with E-state index in [0.717, 1.165) is 17.2 Å². The molecule has 32 heavy (non-hydrogen) atoms. The smallest absolute Gasteiger partial charge is 0.419 e. The standard InChI is InChI=1S/C25H30F3NO3/c1-18-6-4-7-19(14-18)8-5-13-30-22-10-9-20(15-21(22)25(26,27)28)11-12-24(29)16-31-23(2,3)32-17-24/h4-10,14-15H,11-13,16-17,29H2,1-3H3/b8-5+. The Labute approximate surface area is 187 Å². The third-order valence-electron chi connectivity index (χ3n) is 5.36.